The predicted octanol–water partition coefficient (Wildman–Crippen LogP) is 5.23. The van der Waals surface area contributed by atoms with Crippen LogP contribution < -0.4 is 10.6 Å². The van der Waals surface area contributed by atoms with Crippen LogP contribution in [0.4, 0.5) is 5.69 Å². The van der Waals surface area contributed by atoms with Crippen LogP contribution in [0.1, 0.15) is 30.9 Å². The van der Waals surface area contributed by atoms with Gasteiger partial charge in [-0.3, -0.25) is 19.1 Å². The van der Waals surface area contributed by atoms with Gasteiger partial charge in [-0.1, -0.05) is 30.3 Å². The molecule has 0 spiro atoms. The minimum absolute atomic E-state index is 0.00826. The Morgan fingerprint density at radius 3 is 2.22 bits per heavy atom. The molecule has 46 heavy (non-hydrogen) atoms. The summed E-state index contributed by atoms with van der Waals surface area (Å²) in [5.41, 5.74) is 3.50. The number of likely N-dealkylation sites (tertiary alicyclic amines) is 1. The van der Waals surface area contributed by atoms with Gasteiger partial charge in [-0.15, -0.1) is 0 Å². The number of phenolic OH excluding ortho intramolecular Hbond substituents is 1. The zero-order valence-electron chi connectivity index (χ0n) is 25.3. The standard InChI is InChI=1S/C34H36Br2N6O4/c35-28-19-23(20-29(36)32(28)44)18-25(33(45)41-16-14-39(15-17-41)26-6-10-37-11-7-26)21-31(43)40-12-8-27(9-13-40)42-22-30(38-34(42)46)24-4-2-1-3-5-24/h1-7,10-11,19-20,22,25,27,44H,8-9,12-18,21H2,(H,38,46). The lowest BCUT2D eigenvalue weighted by Gasteiger charge is -2.38. The number of aromatic nitrogens is 3. The van der Waals surface area contributed by atoms with E-state index in [0.29, 0.717) is 67.5 Å². The molecule has 4 aromatic rings. The van der Waals surface area contributed by atoms with Crippen molar-refractivity contribution >= 4 is 49.4 Å². The molecule has 0 bridgehead atoms. The summed E-state index contributed by atoms with van der Waals surface area (Å²) in [6.07, 6.45) is 7.18. The lowest BCUT2D eigenvalue weighted by Crippen LogP contribution is -2.51. The number of H-pyrrole nitrogens is 1. The number of nitrogens with zero attached hydrogens (tertiary/aromatic N) is 5. The summed E-state index contributed by atoms with van der Waals surface area (Å²) in [6.45, 7) is 3.57. The number of aromatic hydroxyl groups is 1. The average molecular weight is 753 g/mol. The van der Waals surface area contributed by atoms with E-state index in [0.717, 1.165) is 22.5 Å². The first-order valence-corrected chi connectivity index (χ1v) is 17.1. The first kappa shape index (κ1) is 32.1. The van der Waals surface area contributed by atoms with Crippen LogP contribution in [0.3, 0.4) is 0 Å². The number of anilines is 1. The number of carbonyl (C=O) groups is 2. The number of benzene rings is 2. The highest BCUT2D eigenvalue weighted by atomic mass is 79.9. The molecule has 6 rings (SSSR count). The van der Waals surface area contributed by atoms with E-state index in [9.17, 15) is 19.5 Å². The summed E-state index contributed by atoms with van der Waals surface area (Å²) in [7, 11) is 0. The van der Waals surface area contributed by atoms with Crippen LogP contribution in [0, 0.1) is 5.92 Å². The molecule has 2 aliphatic heterocycles. The number of hydrogen-bond acceptors (Lipinski definition) is 6. The summed E-state index contributed by atoms with van der Waals surface area (Å²) in [4.78, 5) is 53.5. The number of pyridine rings is 1. The van der Waals surface area contributed by atoms with Crippen molar-refractivity contribution in [1.29, 1.82) is 0 Å². The number of amides is 2. The van der Waals surface area contributed by atoms with Gasteiger partial charge in [-0.05, 0) is 86.5 Å². The largest absolute Gasteiger partial charge is 0.506 e. The highest BCUT2D eigenvalue weighted by molar-refractivity contribution is 9.11. The van der Waals surface area contributed by atoms with Crippen LogP contribution in [0.15, 0.2) is 86.9 Å². The first-order valence-electron chi connectivity index (χ1n) is 15.5. The fourth-order valence-corrected chi connectivity index (χ4v) is 7.73. The quantitative estimate of drug-likeness (QED) is 0.255. The summed E-state index contributed by atoms with van der Waals surface area (Å²) in [5.74, 6) is -0.558. The van der Waals surface area contributed by atoms with Gasteiger partial charge in [0.1, 0.15) is 5.75 Å². The molecular weight excluding hydrogens is 716 g/mol. The Bertz CT molecular complexity index is 1710. The second kappa shape index (κ2) is 14.3. The fourth-order valence-electron chi connectivity index (χ4n) is 6.44. The minimum atomic E-state index is -0.554. The summed E-state index contributed by atoms with van der Waals surface area (Å²) in [6, 6.07) is 17.3. The second-order valence-electron chi connectivity index (χ2n) is 11.9. The van der Waals surface area contributed by atoms with Crippen molar-refractivity contribution < 1.29 is 14.7 Å². The lowest BCUT2D eigenvalue weighted by molar-refractivity contribution is -0.142. The van der Waals surface area contributed by atoms with E-state index in [1.165, 1.54) is 0 Å². The van der Waals surface area contributed by atoms with Crippen LogP contribution in [0.2, 0.25) is 0 Å². The first-order chi connectivity index (χ1) is 22.3. The van der Waals surface area contributed by atoms with Gasteiger partial charge in [-0.2, -0.15) is 0 Å². The number of halogens is 2. The van der Waals surface area contributed by atoms with Gasteiger partial charge in [-0.25, -0.2) is 4.79 Å². The lowest BCUT2D eigenvalue weighted by atomic mass is 9.93. The molecule has 2 amide bonds. The number of phenols is 1. The van der Waals surface area contributed by atoms with Crippen molar-refractivity contribution in [3.8, 4) is 17.0 Å². The number of piperazine rings is 1. The highest BCUT2D eigenvalue weighted by Gasteiger charge is 2.33. The van der Waals surface area contributed by atoms with Gasteiger partial charge >= 0.3 is 5.69 Å². The molecule has 2 fully saturated rings. The third-order valence-electron chi connectivity index (χ3n) is 8.99. The Balaban J connectivity index is 1.12. The smallest absolute Gasteiger partial charge is 0.326 e. The third-order valence-corrected chi connectivity index (χ3v) is 10.2. The zero-order chi connectivity index (χ0) is 32.2. The SMILES string of the molecule is O=C(CC(Cc1cc(Br)c(O)c(Br)c1)C(=O)N1CCN(c2ccncc2)CC1)N1CCC(n2cc(-c3ccccc3)[nH]c2=O)CC1. The Morgan fingerprint density at radius 1 is 0.913 bits per heavy atom. The van der Waals surface area contributed by atoms with Crippen molar-refractivity contribution in [2.75, 3.05) is 44.2 Å². The Kier molecular flexibility index (Phi) is 9.93. The van der Waals surface area contributed by atoms with E-state index in [1.54, 1.807) is 29.1 Å². The van der Waals surface area contributed by atoms with Gasteiger partial charge in [0, 0.05) is 76.0 Å². The molecule has 0 radical (unpaired) electrons. The summed E-state index contributed by atoms with van der Waals surface area (Å²) >= 11 is 6.80. The molecule has 4 heterocycles. The molecule has 2 aromatic carbocycles. The molecule has 0 saturated carbocycles. The highest BCUT2D eigenvalue weighted by Crippen LogP contribution is 2.35. The van der Waals surface area contributed by atoms with Crippen molar-refractivity contribution in [2.24, 2.45) is 5.92 Å². The third kappa shape index (κ3) is 7.23. The number of nitrogens with one attached hydrogen (secondary N) is 1. The van der Waals surface area contributed by atoms with Gasteiger partial charge in [0.15, 0.2) is 0 Å². The molecule has 2 N–H and O–H groups in total. The maximum atomic E-state index is 14.0. The number of rotatable bonds is 8. The molecular formula is C34H36Br2N6O4. The predicted molar refractivity (Wildman–Crippen MR) is 184 cm³/mol. The van der Waals surface area contributed by atoms with Crippen molar-refractivity contribution in [3.05, 3.63) is 98.2 Å². The number of aromatic amines is 1. The Morgan fingerprint density at radius 2 is 1.57 bits per heavy atom. The van der Waals surface area contributed by atoms with E-state index < -0.39 is 5.92 Å². The topological polar surface area (TPSA) is 115 Å². The summed E-state index contributed by atoms with van der Waals surface area (Å²) in [5, 5.41) is 10.2. The van der Waals surface area contributed by atoms with Gasteiger partial charge in [0.05, 0.1) is 20.6 Å². The normalized spacial score (nSPS) is 16.4. The number of imidazole rings is 1. The molecule has 0 aliphatic carbocycles. The van der Waals surface area contributed by atoms with Crippen LogP contribution >= 0.6 is 31.9 Å². The molecule has 12 heteroatoms. The van der Waals surface area contributed by atoms with E-state index in [2.05, 4.69) is 46.7 Å². The second-order valence-corrected chi connectivity index (χ2v) is 13.6. The average Bonchev–Trinajstić information content (AvgIpc) is 3.48. The van der Waals surface area contributed by atoms with Crippen LogP contribution in [-0.4, -0.2) is 80.5 Å². The molecule has 1 atom stereocenters. The number of hydrogen-bond donors (Lipinski definition) is 2. The van der Waals surface area contributed by atoms with Crippen molar-refractivity contribution in [3.63, 3.8) is 0 Å². The fraction of sp³-hybridized carbons (Fsp3) is 0.353. The summed E-state index contributed by atoms with van der Waals surface area (Å²) < 4.78 is 2.80. The van der Waals surface area contributed by atoms with Crippen LogP contribution in [0.5, 0.6) is 5.75 Å². The van der Waals surface area contributed by atoms with Crippen LogP contribution in [0.25, 0.3) is 11.3 Å². The maximum absolute atomic E-state index is 14.0. The Hall–Kier alpha value is -3.90. The van der Waals surface area contributed by atoms with E-state index >= 15 is 0 Å². The monoisotopic (exact) mass is 750 g/mol. The van der Waals surface area contributed by atoms with E-state index in [-0.39, 0.29) is 35.7 Å². The molecule has 2 aliphatic rings. The number of carbonyl (C=O) groups excluding carboxylic acids is 2. The van der Waals surface area contributed by atoms with E-state index in [4.69, 9.17) is 0 Å². The van der Waals surface area contributed by atoms with Gasteiger partial charge in [0.25, 0.3) is 0 Å². The molecule has 2 saturated heterocycles. The van der Waals surface area contributed by atoms with Gasteiger partial charge in [0.2, 0.25) is 11.8 Å². The molecule has 240 valence electrons. The molecule has 1 unspecified atom stereocenters. The Labute approximate surface area is 284 Å². The number of piperidine rings is 1. The minimum Gasteiger partial charge on any atom is -0.506 e. The van der Waals surface area contributed by atoms with Gasteiger partial charge < -0.3 is 24.8 Å². The van der Waals surface area contributed by atoms with E-state index in [1.807, 2.05) is 58.5 Å². The van der Waals surface area contributed by atoms with Crippen molar-refractivity contribution in [1.82, 2.24) is 24.3 Å². The van der Waals surface area contributed by atoms with Crippen LogP contribution in [-0.2, 0) is 16.0 Å². The zero-order valence-corrected chi connectivity index (χ0v) is 28.5. The maximum Gasteiger partial charge on any atom is 0.326 e. The van der Waals surface area contributed by atoms with Crippen molar-refractivity contribution in [2.45, 2.75) is 31.7 Å². The molecule has 2 aromatic heterocycles. The molecule has 10 nitrogen and oxygen atoms in total.